The van der Waals surface area contributed by atoms with Gasteiger partial charge in [0, 0.05) is 19.5 Å². The number of hydrogen-bond acceptors (Lipinski definition) is 4. The molecule has 0 spiro atoms. The van der Waals surface area contributed by atoms with Gasteiger partial charge in [0.25, 0.3) is 0 Å². The lowest BCUT2D eigenvalue weighted by Gasteiger charge is -2.41. The molecule has 4 rings (SSSR count). The molecule has 0 saturated carbocycles. The lowest BCUT2D eigenvalue weighted by Crippen LogP contribution is -2.49. The minimum absolute atomic E-state index is 0.0885. The molecule has 0 radical (unpaired) electrons. The highest BCUT2D eigenvalue weighted by Crippen LogP contribution is 2.30. The molecule has 0 bridgehead atoms. The van der Waals surface area contributed by atoms with Gasteiger partial charge in [-0.2, -0.15) is 0 Å². The number of carbonyl (C=O) groups is 1. The Labute approximate surface area is 147 Å². The lowest BCUT2D eigenvalue weighted by molar-refractivity contribution is -0.138. The van der Waals surface area contributed by atoms with E-state index >= 15 is 0 Å². The van der Waals surface area contributed by atoms with Crippen molar-refractivity contribution >= 4 is 5.91 Å². The van der Waals surface area contributed by atoms with Gasteiger partial charge in [0.2, 0.25) is 5.91 Å². The van der Waals surface area contributed by atoms with Crippen LogP contribution in [0.3, 0.4) is 0 Å². The van der Waals surface area contributed by atoms with Crippen LogP contribution in [0, 0.1) is 13.8 Å². The average molecular weight is 340 g/mol. The molecule has 2 aromatic rings. The number of aromatic nitrogens is 3. The summed E-state index contributed by atoms with van der Waals surface area (Å²) in [5, 5.41) is 8.18. The maximum absolute atomic E-state index is 12.7. The number of hydrogen-bond donors (Lipinski definition) is 0. The third-order valence-electron chi connectivity index (χ3n) is 5.48. The highest BCUT2D eigenvalue weighted by atomic mass is 16.5. The molecule has 2 aliphatic heterocycles. The second-order valence-corrected chi connectivity index (χ2v) is 7.13. The number of carbonyl (C=O) groups excluding carboxylic acids is 1. The number of benzene rings is 1. The van der Waals surface area contributed by atoms with E-state index in [1.165, 1.54) is 16.7 Å². The van der Waals surface area contributed by atoms with Gasteiger partial charge in [-0.1, -0.05) is 23.4 Å². The van der Waals surface area contributed by atoms with Gasteiger partial charge in [-0.15, -0.1) is 5.10 Å². The molecule has 1 aromatic heterocycles. The quantitative estimate of drug-likeness (QED) is 0.859. The van der Waals surface area contributed by atoms with Crippen molar-refractivity contribution in [3.8, 4) is 0 Å². The first-order chi connectivity index (χ1) is 12.1. The third-order valence-corrected chi connectivity index (χ3v) is 5.48. The summed E-state index contributed by atoms with van der Waals surface area (Å²) in [7, 11) is 0. The molecule has 0 unspecified atom stereocenters. The van der Waals surface area contributed by atoms with Crippen molar-refractivity contribution in [3.05, 3.63) is 46.8 Å². The zero-order valence-corrected chi connectivity index (χ0v) is 14.8. The Morgan fingerprint density at radius 1 is 1.32 bits per heavy atom. The van der Waals surface area contributed by atoms with E-state index in [0.29, 0.717) is 19.6 Å². The van der Waals surface area contributed by atoms with Gasteiger partial charge >= 0.3 is 0 Å². The molecule has 25 heavy (non-hydrogen) atoms. The smallest absolute Gasteiger partial charge is 0.222 e. The molecule has 2 atom stereocenters. The monoisotopic (exact) mass is 340 g/mol. The fourth-order valence-electron chi connectivity index (χ4n) is 3.77. The first-order valence-electron chi connectivity index (χ1n) is 8.96. The molecule has 1 saturated heterocycles. The van der Waals surface area contributed by atoms with Gasteiger partial charge in [-0.3, -0.25) is 4.79 Å². The number of ether oxygens (including phenoxy) is 1. The van der Waals surface area contributed by atoms with E-state index in [1.807, 2.05) is 9.58 Å². The van der Waals surface area contributed by atoms with Crippen molar-refractivity contribution in [3.63, 3.8) is 0 Å². The highest BCUT2D eigenvalue weighted by molar-refractivity contribution is 5.76. The van der Waals surface area contributed by atoms with Gasteiger partial charge in [-0.05, 0) is 43.4 Å². The number of nitrogens with zero attached hydrogens (tertiary/aromatic N) is 4. The molecule has 1 fully saturated rings. The van der Waals surface area contributed by atoms with Crippen LogP contribution >= 0.6 is 0 Å². The average Bonchev–Trinajstić information content (AvgIpc) is 3.11. The van der Waals surface area contributed by atoms with E-state index in [2.05, 4.69) is 42.4 Å². The summed E-state index contributed by atoms with van der Waals surface area (Å²) in [6.07, 6.45) is 4.08. The van der Waals surface area contributed by atoms with Crippen LogP contribution in [0.15, 0.2) is 24.4 Å². The molecular weight excluding hydrogens is 316 g/mol. The van der Waals surface area contributed by atoms with Crippen LogP contribution in [0.4, 0.5) is 0 Å². The Balaban J connectivity index is 1.39. The Hall–Kier alpha value is -2.21. The minimum Gasteiger partial charge on any atom is -0.370 e. The molecule has 132 valence electrons. The summed E-state index contributed by atoms with van der Waals surface area (Å²) in [5.41, 5.74) is 4.79. The lowest BCUT2D eigenvalue weighted by atomic mass is 9.99. The molecule has 6 heteroatoms. The Bertz CT molecular complexity index is 785. The van der Waals surface area contributed by atoms with Gasteiger partial charge in [0.1, 0.15) is 0 Å². The number of fused-ring (bicyclic) bond motifs is 3. The SMILES string of the molecule is Cc1ccc(CCC(=O)N2CC[C@@H]3OCc4cnnn4[C@@H]3C2)cc1C. The van der Waals surface area contributed by atoms with Crippen LogP contribution in [0.25, 0.3) is 0 Å². The van der Waals surface area contributed by atoms with E-state index in [-0.39, 0.29) is 18.1 Å². The van der Waals surface area contributed by atoms with Gasteiger partial charge in [0.05, 0.1) is 30.6 Å². The van der Waals surface area contributed by atoms with Crippen LogP contribution in [-0.2, 0) is 22.6 Å². The second-order valence-electron chi connectivity index (χ2n) is 7.13. The summed E-state index contributed by atoms with van der Waals surface area (Å²) >= 11 is 0. The van der Waals surface area contributed by atoms with Gasteiger partial charge in [0.15, 0.2) is 0 Å². The summed E-state index contributed by atoms with van der Waals surface area (Å²) in [6, 6.07) is 6.53. The largest absolute Gasteiger partial charge is 0.370 e. The minimum atomic E-state index is 0.0885. The van der Waals surface area contributed by atoms with Crippen molar-refractivity contribution in [1.82, 2.24) is 19.9 Å². The zero-order chi connectivity index (χ0) is 17.4. The number of aryl methyl sites for hydroxylation is 3. The Morgan fingerprint density at radius 2 is 2.20 bits per heavy atom. The van der Waals surface area contributed by atoms with Gasteiger partial charge < -0.3 is 9.64 Å². The molecule has 6 nitrogen and oxygen atoms in total. The van der Waals surface area contributed by atoms with Crippen LogP contribution in [0.2, 0.25) is 0 Å². The summed E-state index contributed by atoms with van der Waals surface area (Å²) < 4.78 is 7.85. The topological polar surface area (TPSA) is 60.3 Å². The first kappa shape index (κ1) is 16.3. The summed E-state index contributed by atoms with van der Waals surface area (Å²) in [6.45, 7) is 6.21. The molecule has 1 aromatic carbocycles. The van der Waals surface area contributed by atoms with Crippen LogP contribution in [-0.4, -0.2) is 45.0 Å². The normalized spacial score (nSPS) is 22.4. The molecule has 0 aliphatic carbocycles. The maximum atomic E-state index is 12.7. The predicted octanol–water partition coefficient (Wildman–Crippen LogP) is 2.20. The standard InChI is InChI=1S/C19H24N4O2/c1-13-3-4-15(9-14(13)2)5-6-19(24)22-8-7-18-17(11-22)23-16(12-25-18)10-20-21-23/h3-4,9-10,17-18H,5-8,11-12H2,1-2H3/t17-,18+/m1/s1. The molecular formula is C19H24N4O2. The van der Waals surface area contributed by atoms with Crippen molar-refractivity contribution in [2.45, 2.75) is 51.9 Å². The summed E-state index contributed by atoms with van der Waals surface area (Å²) in [4.78, 5) is 14.6. The van der Waals surface area contributed by atoms with E-state index in [9.17, 15) is 4.79 Å². The van der Waals surface area contributed by atoms with Gasteiger partial charge in [-0.25, -0.2) is 4.68 Å². The van der Waals surface area contributed by atoms with E-state index < -0.39 is 0 Å². The number of amides is 1. The van der Waals surface area contributed by atoms with Crippen LogP contribution in [0.1, 0.15) is 41.3 Å². The van der Waals surface area contributed by atoms with Crippen molar-refractivity contribution in [1.29, 1.82) is 0 Å². The fraction of sp³-hybridized carbons (Fsp3) is 0.526. The Morgan fingerprint density at radius 3 is 3.04 bits per heavy atom. The number of piperidine rings is 1. The predicted molar refractivity (Wildman–Crippen MR) is 93.1 cm³/mol. The molecule has 0 N–H and O–H groups in total. The maximum Gasteiger partial charge on any atom is 0.222 e. The number of likely N-dealkylation sites (tertiary alicyclic amines) is 1. The fourth-order valence-corrected chi connectivity index (χ4v) is 3.77. The molecule has 2 aliphatic rings. The van der Waals surface area contributed by atoms with Crippen molar-refractivity contribution < 1.29 is 9.53 Å². The van der Waals surface area contributed by atoms with E-state index in [1.54, 1.807) is 6.20 Å². The first-order valence-corrected chi connectivity index (χ1v) is 8.96. The Kier molecular flexibility index (Phi) is 4.29. The number of rotatable bonds is 3. The highest BCUT2D eigenvalue weighted by Gasteiger charge is 2.37. The van der Waals surface area contributed by atoms with Crippen LogP contribution < -0.4 is 0 Å². The zero-order valence-electron chi connectivity index (χ0n) is 14.8. The van der Waals surface area contributed by atoms with E-state index in [4.69, 9.17) is 4.74 Å². The van der Waals surface area contributed by atoms with Crippen LogP contribution in [0.5, 0.6) is 0 Å². The van der Waals surface area contributed by atoms with Crippen molar-refractivity contribution in [2.75, 3.05) is 13.1 Å². The van der Waals surface area contributed by atoms with E-state index in [0.717, 1.165) is 25.1 Å². The van der Waals surface area contributed by atoms with Crippen molar-refractivity contribution in [2.24, 2.45) is 0 Å². The molecule has 3 heterocycles. The molecule has 1 amide bonds. The second kappa shape index (κ2) is 6.59. The summed E-state index contributed by atoms with van der Waals surface area (Å²) in [5.74, 6) is 0.212. The third kappa shape index (κ3) is 3.18.